The molecule has 5 aromatic rings. The predicted molar refractivity (Wildman–Crippen MR) is 185 cm³/mol. The highest BCUT2D eigenvalue weighted by Crippen LogP contribution is 2.41. The van der Waals surface area contributed by atoms with Crippen molar-refractivity contribution in [2.24, 2.45) is 0 Å². The highest BCUT2D eigenvalue weighted by atomic mass is 32.1. The smallest absolute Gasteiger partial charge is 0.497 e. The number of thiophene rings is 1. The van der Waals surface area contributed by atoms with Gasteiger partial charge in [-0.05, 0) is 66.9 Å². The van der Waals surface area contributed by atoms with Crippen LogP contribution in [0, 0.1) is 0 Å². The van der Waals surface area contributed by atoms with Crippen molar-refractivity contribution in [3.05, 3.63) is 106 Å². The minimum absolute atomic E-state index is 0.0853. The first-order valence-electron chi connectivity index (χ1n) is 15.6. The topological polar surface area (TPSA) is 106 Å². The summed E-state index contributed by atoms with van der Waals surface area (Å²) in [6, 6.07) is 25.0. The molecule has 5 rings (SSSR count). The number of esters is 1. The van der Waals surface area contributed by atoms with E-state index in [-0.39, 0.29) is 24.7 Å². The first-order valence-corrected chi connectivity index (χ1v) is 16.4. The predicted octanol–water partition coefficient (Wildman–Crippen LogP) is 7.23. The minimum atomic E-state index is -0.979. The van der Waals surface area contributed by atoms with Gasteiger partial charge in [-0.2, -0.15) is 0 Å². The van der Waals surface area contributed by atoms with Crippen LogP contribution in [0.15, 0.2) is 89.9 Å². The van der Waals surface area contributed by atoms with Crippen LogP contribution in [0.5, 0.6) is 17.2 Å². The maximum atomic E-state index is 14.4. The van der Waals surface area contributed by atoms with Gasteiger partial charge < -0.3 is 28.3 Å². The van der Waals surface area contributed by atoms with Crippen LogP contribution in [0.3, 0.4) is 0 Å². The van der Waals surface area contributed by atoms with Crippen LogP contribution >= 0.6 is 11.3 Å². The Morgan fingerprint density at radius 2 is 1.52 bits per heavy atom. The van der Waals surface area contributed by atoms with Gasteiger partial charge >= 0.3 is 12.1 Å². The second-order valence-electron chi connectivity index (χ2n) is 10.7. The molecule has 0 aliphatic rings. The lowest BCUT2D eigenvalue weighted by Gasteiger charge is -2.23. The van der Waals surface area contributed by atoms with Crippen molar-refractivity contribution in [2.75, 3.05) is 34.0 Å². The van der Waals surface area contributed by atoms with Gasteiger partial charge in [0.1, 0.15) is 16.3 Å². The van der Waals surface area contributed by atoms with Gasteiger partial charge in [0, 0.05) is 24.5 Å². The van der Waals surface area contributed by atoms with E-state index in [1.807, 2.05) is 83.4 Å². The highest BCUT2D eigenvalue weighted by Gasteiger charge is 2.26. The Balaban J connectivity index is 1.76. The van der Waals surface area contributed by atoms with E-state index >= 15 is 0 Å². The molecule has 0 saturated carbocycles. The third kappa shape index (κ3) is 7.87. The van der Waals surface area contributed by atoms with Gasteiger partial charge in [-0.15, -0.1) is 11.3 Å². The minimum Gasteiger partial charge on any atom is -0.497 e. The van der Waals surface area contributed by atoms with Crippen molar-refractivity contribution in [1.29, 1.82) is 0 Å². The van der Waals surface area contributed by atoms with Crippen LogP contribution in [0.2, 0.25) is 0 Å². The average molecular weight is 671 g/mol. The summed E-state index contributed by atoms with van der Waals surface area (Å²) in [5, 5.41) is 0.382. The molecule has 3 aromatic carbocycles. The number of carbonyl (C=O) groups excluding carboxylic acids is 2. The van der Waals surface area contributed by atoms with Crippen LogP contribution in [-0.2, 0) is 27.4 Å². The standard InChI is InChI=1S/C37H38N2O8S/c1-5-45-32(40)20-21-38(22-25-12-8-7-9-13-25)23-28-33-34(41)31(47-37(42)46-6-2)24-39(29-14-10-11-15-30(29)44-4)36(33)48-35(28)26-16-18-27(43-3)19-17-26/h7-19,24H,5-6,20-23H2,1-4H3. The van der Waals surface area contributed by atoms with Gasteiger partial charge in [0.15, 0.2) is 5.75 Å². The summed E-state index contributed by atoms with van der Waals surface area (Å²) >= 11 is 1.44. The molecule has 0 amide bonds. The van der Waals surface area contributed by atoms with Crippen LogP contribution in [-0.4, -0.2) is 55.6 Å². The van der Waals surface area contributed by atoms with Crippen LogP contribution in [0.4, 0.5) is 4.79 Å². The van der Waals surface area contributed by atoms with Gasteiger partial charge in [0.25, 0.3) is 0 Å². The lowest BCUT2D eigenvalue weighted by atomic mass is 10.0. The number of pyridine rings is 1. The Labute approximate surface area is 283 Å². The number of benzene rings is 3. The van der Waals surface area contributed by atoms with E-state index in [0.29, 0.717) is 53.6 Å². The van der Waals surface area contributed by atoms with Gasteiger partial charge in [-0.25, -0.2) is 4.79 Å². The molecule has 0 fully saturated rings. The number of carbonyl (C=O) groups is 2. The van der Waals surface area contributed by atoms with Crippen molar-refractivity contribution in [2.45, 2.75) is 33.4 Å². The molecule has 0 saturated heterocycles. The fourth-order valence-corrected chi connectivity index (χ4v) is 6.72. The number of aromatic nitrogens is 1. The molecule has 0 aliphatic carbocycles. The molecule has 2 heterocycles. The summed E-state index contributed by atoms with van der Waals surface area (Å²) in [7, 11) is 3.18. The Hall–Kier alpha value is -5.13. The number of hydrogen-bond acceptors (Lipinski definition) is 10. The fourth-order valence-electron chi connectivity index (χ4n) is 5.42. The molecule has 0 radical (unpaired) electrons. The lowest BCUT2D eigenvalue weighted by Crippen LogP contribution is -2.27. The van der Waals surface area contributed by atoms with E-state index in [0.717, 1.165) is 21.6 Å². The summed E-state index contributed by atoms with van der Waals surface area (Å²) in [4.78, 5) is 43.0. The molecular formula is C37H38N2O8S. The molecule has 250 valence electrons. The normalized spacial score (nSPS) is 11.0. The summed E-state index contributed by atoms with van der Waals surface area (Å²) < 4.78 is 28.7. The molecule has 0 spiro atoms. The lowest BCUT2D eigenvalue weighted by molar-refractivity contribution is -0.143. The molecule has 0 bridgehead atoms. The van der Waals surface area contributed by atoms with E-state index in [4.69, 9.17) is 23.7 Å². The van der Waals surface area contributed by atoms with E-state index in [1.165, 1.54) is 17.5 Å². The summed E-state index contributed by atoms with van der Waals surface area (Å²) in [5.74, 6) is 0.768. The van der Waals surface area contributed by atoms with Crippen LogP contribution < -0.4 is 19.6 Å². The molecule has 0 N–H and O–H groups in total. The van der Waals surface area contributed by atoms with Crippen LogP contribution in [0.1, 0.15) is 31.4 Å². The summed E-state index contributed by atoms with van der Waals surface area (Å²) in [5.41, 5.74) is 2.83. The monoisotopic (exact) mass is 670 g/mol. The fraction of sp³-hybridized carbons (Fsp3) is 0.270. The Morgan fingerprint density at radius 3 is 2.21 bits per heavy atom. The molecule has 2 aromatic heterocycles. The van der Waals surface area contributed by atoms with Gasteiger partial charge in [0.05, 0.1) is 51.1 Å². The number of para-hydroxylation sites is 2. The van der Waals surface area contributed by atoms with E-state index in [2.05, 4.69) is 4.90 Å². The molecule has 0 unspecified atom stereocenters. The Bertz CT molecular complexity index is 1920. The van der Waals surface area contributed by atoms with Gasteiger partial charge in [-0.1, -0.05) is 42.5 Å². The molecule has 0 aliphatic heterocycles. The average Bonchev–Trinajstić information content (AvgIpc) is 3.48. The number of methoxy groups -OCH3 is 2. The van der Waals surface area contributed by atoms with Crippen molar-refractivity contribution in [1.82, 2.24) is 9.47 Å². The van der Waals surface area contributed by atoms with Crippen molar-refractivity contribution >= 4 is 33.7 Å². The quantitative estimate of drug-likeness (QED) is 0.113. The van der Waals surface area contributed by atoms with Crippen LogP contribution in [0.25, 0.3) is 26.3 Å². The van der Waals surface area contributed by atoms with E-state index in [9.17, 15) is 14.4 Å². The molecule has 10 nitrogen and oxygen atoms in total. The second kappa shape index (κ2) is 16.1. The molecule has 0 atom stereocenters. The van der Waals surface area contributed by atoms with Crippen molar-refractivity contribution in [3.8, 4) is 33.4 Å². The SMILES string of the molecule is CCOC(=O)CCN(Cc1ccccc1)Cc1c(-c2ccc(OC)cc2)sc2c1c(=O)c(OC(=O)OCC)cn2-c1ccccc1OC. The molecule has 11 heteroatoms. The maximum Gasteiger partial charge on any atom is 0.514 e. The zero-order valence-corrected chi connectivity index (χ0v) is 28.2. The highest BCUT2D eigenvalue weighted by molar-refractivity contribution is 7.22. The number of nitrogens with zero attached hydrogens (tertiary/aromatic N) is 2. The summed E-state index contributed by atoms with van der Waals surface area (Å²) in [6.07, 6.45) is 0.691. The number of rotatable bonds is 14. The maximum absolute atomic E-state index is 14.4. The van der Waals surface area contributed by atoms with Crippen molar-refractivity contribution in [3.63, 3.8) is 0 Å². The van der Waals surface area contributed by atoms with Crippen molar-refractivity contribution < 1.29 is 33.3 Å². The Morgan fingerprint density at radius 1 is 0.812 bits per heavy atom. The third-order valence-corrected chi connectivity index (χ3v) is 8.91. The zero-order chi connectivity index (χ0) is 34.0. The second-order valence-corrected chi connectivity index (χ2v) is 11.7. The first kappa shape index (κ1) is 34.2. The first-order chi connectivity index (χ1) is 23.4. The van der Waals surface area contributed by atoms with E-state index < -0.39 is 11.6 Å². The number of hydrogen-bond donors (Lipinski definition) is 0. The van der Waals surface area contributed by atoms with Gasteiger partial charge in [0.2, 0.25) is 5.43 Å². The summed E-state index contributed by atoms with van der Waals surface area (Å²) in [6.45, 7) is 5.02. The van der Waals surface area contributed by atoms with Gasteiger partial charge in [-0.3, -0.25) is 14.5 Å². The molecular weight excluding hydrogens is 632 g/mol. The Kier molecular flexibility index (Phi) is 11.5. The number of ether oxygens (including phenoxy) is 5. The third-order valence-electron chi connectivity index (χ3n) is 7.63. The molecule has 48 heavy (non-hydrogen) atoms. The van der Waals surface area contributed by atoms with E-state index in [1.54, 1.807) is 28.1 Å². The number of fused-ring (bicyclic) bond motifs is 1. The zero-order valence-electron chi connectivity index (χ0n) is 27.4. The largest absolute Gasteiger partial charge is 0.514 e.